The van der Waals surface area contributed by atoms with Gasteiger partial charge in [0.25, 0.3) is 5.91 Å². The van der Waals surface area contributed by atoms with Crippen molar-refractivity contribution in [2.24, 2.45) is 5.92 Å². The summed E-state index contributed by atoms with van der Waals surface area (Å²) >= 11 is 0. The van der Waals surface area contributed by atoms with Crippen LogP contribution in [-0.4, -0.2) is 43.4 Å². The van der Waals surface area contributed by atoms with Gasteiger partial charge in [0.05, 0.1) is 23.3 Å². The number of allylic oxidation sites excluding steroid dienone is 2. The molecule has 1 aliphatic heterocycles. The van der Waals surface area contributed by atoms with Crippen LogP contribution in [0.2, 0.25) is 0 Å². The number of hydrogen-bond acceptors (Lipinski definition) is 4. The Morgan fingerprint density at radius 3 is 2.90 bits per heavy atom. The smallest absolute Gasteiger partial charge is 0.323 e. The topological polar surface area (TPSA) is 127 Å². The Hall–Kier alpha value is -3.62. The molecule has 2 amide bonds. The molecular formula is C22H24N6O3. The SMILES string of the molecule is O=C(NCc1ccc2[nH]c(=O)[nH]c2c1)c1n[nH]c2c1CCN(C(=O)C1CC=CCC1)C2. The molecule has 5 rings (SSSR count). The molecule has 1 atom stereocenters. The normalized spacial score (nSPS) is 18.2. The lowest BCUT2D eigenvalue weighted by Gasteiger charge is -2.30. The van der Waals surface area contributed by atoms with Crippen molar-refractivity contribution in [2.45, 2.75) is 38.8 Å². The monoisotopic (exact) mass is 420 g/mol. The molecule has 3 aromatic rings. The van der Waals surface area contributed by atoms with Gasteiger partial charge in [-0.3, -0.25) is 14.7 Å². The van der Waals surface area contributed by atoms with E-state index < -0.39 is 0 Å². The number of amides is 2. The number of nitrogens with one attached hydrogen (secondary N) is 4. The second kappa shape index (κ2) is 7.90. The molecule has 0 radical (unpaired) electrons. The number of carbonyl (C=O) groups is 2. The van der Waals surface area contributed by atoms with Crippen LogP contribution in [-0.2, 0) is 24.3 Å². The molecule has 9 nitrogen and oxygen atoms in total. The Bertz CT molecular complexity index is 1230. The zero-order valence-electron chi connectivity index (χ0n) is 17.0. The van der Waals surface area contributed by atoms with Crippen LogP contribution >= 0.6 is 0 Å². The van der Waals surface area contributed by atoms with Crippen LogP contribution in [0.1, 0.15) is 46.6 Å². The van der Waals surface area contributed by atoms with Gasteiger partial charge in [-0.2, -0.15) is 5.10 Å². The Kier molecular flexibility index (Phi) is 4.93. The molecule has 4 N–H and O–H groups in total. The average molecular weight is 420 g/mol. The first-order chi connectivity index (χ1) is 15.1. The van der Waals surface area contributed by atoms with Gasteiger partial charge >= 0.3 is 5.69 Å². The van der Waals surface area contributed by atoms with Crippen LogP contribution in [0.15, 0.2) is 35.1 Å². The summed E-state index contributed by atoms with van der Waals surface area (Å²) in [4.78, 5) is 44.2. The van der Waals surface area contributed by atoms with Gasteiger partial charge in [-0.25, -0.2) is 4.79 Å². The van der Waals surface area contributed by atoms with Gasteiger partial charge in [0.15, 0.2) is 5.69 Å². The zero-order valence-corrected chi connectivity index (χ0v) is 17.0. The van der Waals surface area contributed by atoms with Crippen molar-refractivity contribution in [1.29, 1.82) is 0 Å². The summed E-state index contributed by atoms with van der Waals surface area (Å²) in [5.74, 6) is -0.00399. The van der Waals surface area contributed by atoms with E-state index in [4.69, 9.17) is 0 Å². The van der Waals surface area contributed by atoms with Crippen molar-refractivity contribution < 1.29 is 9.59 Å². The lowest BCUT2D eigenvalue weighted by Crippen LogP contribution is -2.40. The van der Waals surface area contributed by atoms with Gasteiger partial charge < -0.3 is 20.2 Å². The number of aromatic nitrogens is 4. The van der Waals surface area contributed by atoms with Crippen molar-refractivity contribution >= 4 is 22.8 Å². The predicted octanol–water partition coefficient (Wildman–Crippen LogP) is 1.75. The first kappa shape index (κ1) is 19.3. The largest absolute Gasteiger partial charge is 0.347 e. The number of fused-ring (bicyclic) bond motifs is 2. The highest BCUT2D eigenvalue weighted by molar-refractivity contribution is 5.94. The van der Waals surface area contributed by atoms with Gasteiger partial charge in [-0.05, 0) is 43.4 Å². The van der Waals surface area contributed by atoms with Gasteiger partial charge in [-0.15, -0.1) is 0 Å². The molecule has 9 heteroatoms. The van der Waals surface area contributed by atoms with E-state index in [0.29, 0.717) is 37.3 Å². The van der Waals surface area contributed by atoms with Gasteiger partial charge in [-0.1, -0.05) is 18.2 Å². The maximum absolute atomic E-state index is 12.8. The van der Waals surface area contributed by atoms with E-state index in [1.54, 1.807) is 6.07 Å². The zero-order chi connectivity index (χ0) is 21.4. The van der Waals surface area contributed by atoms with E-state index >= 15 is 0 Å². The lowest BCUT2D eigenvalue weighted by atomic mass is 9.92. The van der Waals surface area contributed by atoms with E-state index in [-0.39, 0.29) is 23.4 Å². The molecule has 0 spiro atoms. The Morgan fingerprint density at radius 1 is 1.19 bits per heavy atom. The van der Waals surface area contributed by atoms with Crippen LogP contribution in [0, 0.1) is 5.92 Å². The first-order valence-corrected chi connectivity index (χ1v) is 10.6. The van der Waals surface area contributed by atoms with E-state index in [0.717, 1.165) is 41.6 Å². The molecule has 31 heavy (non-hydrogen) atoms. The maximum atomic E-state index is 12.8. The lowest BCUT2D eigenvalue weighted by molar-refractivity contribution is -0.136. The number of imidazole rings is 1. The standard InChI is InChI=1S/C22H24N6O3/c29-20(23-11-13-6-7-16-17(10-13)25-22(31)24-16)19-15-8-9-28(12-18(15)26-27-19)21(30)14-4-2-1-3-5-14/h1-2,6-7,10,14H,3-5,8-9,11-12H2,(H,23,29)(H,26,27)(H2,24,25,31). The van der Waals surface area contributed by atoms with E-state index in [1.807, 2.05) is 17.0 Å². The predicted molar refractivity (Wildman–Crippen MR) is 114 cm³/mol. The van der Waals surface area contributed by atoms with Crippen LogP contribution < -0.4 is 11.0 Å². The molecule has 1 aliphatic carbocycles. The fraction of sp³-hybridized carbons (Fsp3) is 0.364. The fourth-order valence-corrected chi connectivity index (χ4v) is 4.43. The third-order valence-corrected chi connectivity index (χ3v) is 6.11. The summed E-state index contributed by atoms with van der Waals surface area (Å²) in [6.07, 6.45) is 7.49. The number of carbonyl (C=O) groups excluding carboxylic acids is 2. The van der Waals surface area contributed by atoms with Gasteiger partial charge in [0, 0.05) is 24.6 Å². The molecule has 0 saturated carbocycles. The fourth-order valence-electron chi connectivity index (χ4n) is 4.43. The van der Waals surface area contributed by atoms with Gasteiger partial charge in [0.1, 0.15) is 0 Å². The number of benzene rings is 1. The summed E-state index contributed by atoms with van der Waals surface area (Å²) in [7, 11) is 0. The number of aromatic amines is 3. The van der Waals surface area contributed by atoms with Crippen molar-refractivity contribution in [1.82, 2.24) is 30.4 Å². The molecule has 2 aliphatic rings. The minimum absolute atomic E-state index is 0.0598. The van der Waals surface area contributed by atoms with Crippen molar-refractivity contribution in [3.05, 3.63) is 63.4 Å². The van der Waals surface area contributed by atoms with E-state index in [2.05, 4.69) is 37.6 Å². The Morgan fingerprint density at radius 2 is 2.06 bits per heavy atom. The van der Waals surface area contributed by atoms with Crippen LogP contribution in [0.3, 0.4) is 0 Å². The minimum atomic E-state index is -0.258. The molecule has 160 valence electrons. The van der Waals surface area contributed by atoms with Crippen LogP contribution in [0.5, 0.6) is 0 Å². The first-order valence-electron chi connectivity index (χ1n) is 10.6. The van der Waals surface area contributed by atoms with E-state index in [1.165, 1.54) is 0 Å². The summed E-state index contributed by atoms with van der Waals surface area (Å²) in [6.45, 7) is 1.39. The number of hydrogen-bond donors (Lipinski definition) is 4. The highest BCUT2D eigenvalue weighted by Gasteiger charge is 2.30. The van der Waals surface area contributed by atoms with Crippen molar-refractivity contribution in [2.75, 3.05) is 6.54 Å². The summed E-state index contributed by atoms with van der Waals surface area (Å²) in [5.41, 5.74) is 4.15. The third-order valence-electron chi connectivity index (χ3n) is 6.11. The van der Waals surface area contributed by atoms with Gasteiger partial charge in [0.2, 0.25) is 5.91 Å². The molecule has 0 bridgehead atoms. The van der Waals surface area contributed by atoms with Crippen molar-refractivity contribution in [3.8, 4) is 0 Å². The molecule has 1 aromatic carbocycles. The van der Waals surface area contributed by atoms with E-state index in [9.17, 15) is 14.4 Å². The van der Waals surface area contributed by atoms with Crippen molar-refractivity contribution in [3.63, 3.8) is 0 Å². The average Bonchev–Trinajstić information content (AvgIpc) is 3.39. The second-order valence-corrected chi connectivity index (χ2v) is 8.16. The van der Waals surface area contributed by atoms with Crippen LogP contribution in [0.4, 0.5) is 0 Å². The number of H-pyrrole nitrogens is 3. The summed E-state index contributed by atoms with van der Waals surface area (Å²) < 4.78 is 0. The maximum Gasteiger partial charge on any atom is 0.323 e. The quantitative estimate of drug-likeness (QED) is 0.480. The molecular weight excluding hydrogens is 396 g/mol. The molecule has 1 unspecified atom stereocenters. The summed E-state index contributed by atoms with van der Waals surface area (Å²) in [6, 6.07) is 5.49. The third kappa shape index (κ3) is 3.78. The minimum Gasteiger partial charge on any atom is -0.347 e. The molecule has 0 fully saturated rings. The van der Waals surface area contributed by atoms with Crippen LogP contribution in [0.25, 0.3) is 11.0 Å². The Balaban J connectivity index is 1.24. The number of rotatable bonds is 4. The highest BCUT2D eigenvalue weighted by atomic mass is 16.2. The summed E-state index contributed by atoms with van der Waals surface area (Å²) in [5, 5.41) is 10.1. The second-order valence-electron chi connectivity index (χ2n) is 8.16. The molecule has 2 aromatic heterocycles. The molecule has 0 saturated heterocycles. The molecule has 3 heterocycles. The Labute approximate surface area is 177 Å². The highest BCUT2D eigenvalue weighted by Crippen LogP contribution is 2.25. The number of nitrogens with zero attached hydrogens (tertiary/aromatic N) is 2.